The number of benzene rings is 2. The third-order valence-electron chi connectivity index (χ3n) is 7.36. The van der Waals surface area contributed by atoms with Crippen molar-refractivity contribution in [2.24, 2.45) is 11.8 Å². The van der Waals surface area contributed by atoms with Gasteiger partial charge in [-0.05, 0) is 78.2 Å². The number of tetrazole rings is 1. The predicted molar refractivity (Wildman–Crippen MR) is 155 cm³/mol. The van der Waals surface area contributed by atoms with E-state index in [0.717, 1.165) is 47.5 Å². The maximum atomic E-state index is 10.2. The maximum Gasteiger partial charge on any atom is 0.205 e. The summed E-state index contributed by atoms with van der Waals surface area (Å²) in [5, 5.41) is 28.8. The summed E-state index contributed by atoms with van der Waals surface area (Å²) in [5.74, 6) is 1.36. The van der Waals surface area contributed by atoms with Crippen LogP contribution in [0.15, 0.2) is 42.5 Å². The predicted octanol–water partition coefficient (Wildman–Crippen LogP) is 4.85. The third kappa shape index (κ3) is 6.48. The number of hydrazine groups is 1. The Morgan fingerprint density at radius 1 is 1.08 bits per heavy atom. The number of hydrogen-bond acceptors (Lipinski definition) is 7. The molecule has 0 radical (unpaired) electrons. The Morgan fingerprint density at radius 3 is 2.53 bits per heavy atom. The van der Waals surface area contributed by atoms with Crippen LogP contribution >= 0.6 is 12.2 Å². The average molecular weight is 535 g/mol. The van der Waals surface area contributed by atoms with Crippen LogP contribution in [-0.2, 0) is 0 Å². The van der Waals surface area contributed by atoms with E-state index in [1.54, 1.807) is 0 Å². The Balaban J connectivity index is 1.49. The average Bonchev–Trinajstić information content (AvgIpc) is 3.65. The van der Waals surface area contributed by atoms with E-state index < -0.39 is 6.23 Å². The van der Waals surface area contributed by atoms with E-state index >= 15 is 0 Å². The summed E-state index contributed by atoms with van der Waals surface area (Å²) in [7, 11) is 0. The van der Waals surface area contributed by atoms with Crippen LogP contribution in [-0.4, -0.2) is 49.7 Å². The highest BCUT2D eigenvalue weighted by Crippen LogP contribution is 2.38. The Hall–Kier alpha value is -3.08. The summed E-state index contributed by atoms with van der Waals surface area (Å²) >= 11 is 5.66. The van der Waals surface area contributed by atoms with E-state index in [-0.39, 0.29) is 0 Å². The van der Waals surface area contributed by atoms with Gasteiger partial charge in [-0.2, -0.15) is 5.21 Å². The molecule has 0 aliphatic heterocycles. The van der Waals surface area contributed by atoms with Gasteiger partial charge in [-0.1, -0.05) is 63.4 Å². The number of H-pyrrole nitrogens is 1. The number of rotatable bonds is 10. The molecular formula is C28H38N8OS. The Kier molecular flexibility index (Phi) is 8.51. The second-order valence-electron chi connectivity index (χ2n) is 10.9. The SMILES string of the molecule is CC(C)CN(c1ccc(-c2ccccc2-c2nn[nH]n2)cc1NC(=S)NNC(O)C1CC1)C1CCCCC1. The number of aliphatic hydroxyl groups is 1. The minimum absolute atomic E-state index is 0.290. The van der Waals surface area contributed by atoms with E-state index in [1.165, 1.54) is 32.1 Å². The first-order valence-electron chi connectivity index (χ1n) is 13.7. The van der Waals surface area contributed by atoms with Crippen molar-refractivity contribution < 1.29 is 5.11 Å². The summed E-state index contributed by atoms with van der Waals surface area (Å²) < 4.78 is 0. The van der Waals surface area contributed by atoms with Gasteiger partial charge in [0.25, 0.3) is 0 Å². The molecule has 1 aromatic heterocycles. The highest BCUT2D eigenvalue weighted by atomic mass is 32.1. The van der Waals surface area contributed by atoms with E-state index in [4.69, 9.17) is 12.2 Å². The molecule has 2 aliphatic rings. The van der Waals surface area contributed by atoms with Crippen molar-refractivity contribution >= 4 is 28.7 Å². The van der Waals surface area contributed by atoms with Gasteiger partial charge >= 0.3 is 0 Å². The van der Waals surface area contributed by atoms with Crippen molar-refractivity contribution in [3.63, 3.8) is 0 Å². The number of anilines is 2. The van der Waals surface area contributed by atoms with Crippen molar-refractivity contribution in [1.82, 2.24) is 31.5 Å². The topological polar surface area (TPSA) is 114 Å². The first kappa shape index (κ1) is 26.5. The van der Waals surface area contributed by atoms with Gasteiger partial charge in [0.2, 0.25) is 5.82 Å². The van der Waals surface area contributed by atoms with Crippen LogP contribution in [0.4, 0.5) is 11.4 Å². The molecule has 3 aromatic rings. The van der Waals surface area contributed by atoms with Gasteiger partial charge in [-0.25, -0.2) is 5.43 Å². The molecule has 2 aliphatic carbocycles. The molecule has 2 aromatic carbocycles. The first-order valence-corrected chi connectivity index (χ1v) is 14.1. The molecule has 1 heterocycles. The number of aromatic nitrogens is 4. The van der Waals surface area contributed by atoms with Gasteiger partial charge < -0.3 is 15.3 Å². The lowest BCUT2D eigenvalue weighted by Gasteiger charge is -2.38. The van der Waals surface area contributed by atoms with Crippen molar-refractivity contribution in [2.75, 3.05) is 16.8 Å². The summed E-state index contributed by atoms with van der Waals surface area (Å²) in [4.78, 5) is 2.57. The lowest BCUT2D eigenvalue weighted by Crippen LogP contribution is -2.47. The van der Waals surface area contributed by atoms with Gasteiger partial charge in [0, 0.05) is 18.2 Å². The van der Waals surface area contributed by atoms with E-state index in [0.29, 0.717) is 28.8 Å². The molecule has 10 heteroatoms. The van der Waals surface area contributed by atoms with Gasteiger partial charge in [-0.3, -0.25) is 5.43 Å². The molecule has 5 N–H and O–H groups in total. The summed E-state index contributed by atoms with van der Waals surface area (Å²) in [6.07, 6.45) is 7.70. The Morgan fingerprint density at radius 2 is 1.84 bits per heavy atom. The molecule has 1 atom stereocenters. The molecule has 0 spiro atoms. The number of thiocarbonyl (C=S) groups is 1. The lowest BCUT2D eigenvalue weighted by molar-refractivity contribution is 0.107. The normalized spacial score (nSPS) is 16.8. The number of nitrogens with zero attached hydrogens (tertiary/aromatic N) is 4. The fraction of sp³-hybridized carbons (Fsp3) is 0.500. The van der Waals surface area contributed by atoms with Crippen LogP contribution in [0.2, 0.25) is 0 Å². The van der Waals surface area contributed by atoms with Crippen molar-refractivity contribution in [2.45, 2.75) is 71.1 Å². The zero-order chi connectivity index (χ0) is 26.5. The van der Waals surface area contributed by atoms with Gasteiger partial charge in [0.15, 0.2) is 5.11 Å². The monoisotopic (exact) mass is 534 g/mol. The summed E-state index contributed by atoms with van der Waals surface area (Å²) in [6, 6.07) is 15.1. The van der Waals surface area contributed by atoms with Gasteiger partial charge in [0.1, 0.15) is 6.23 Å². The largest absolute Gasteiger partial charge is 0.377 e. The maximum absolute atomic E-state index is 10.2. The molecule has 9 nitrogen and oxygen atoms in total. The minimum Gasteiger partial charge on any atom is -0.377 e. The summed E-state index contributed by atoms with van der Waals surface area (Å²) in [5.41, 5.74) is 11.0. The van der Waals surface area contributed by atoms with Crippen LogP contribution in [0.1, 0.15) is 58.8 Å². The lowest BCUT2D eigenvalue weighted by atomic mass is 9.92. The second kappa shape index (κ2) is 12.2. The Labute approximate surface area is 229 Å². The first-order chi connectivity index (χ1) is 18.5. The Bertz CT molecular complexity index is 1210. The quantitative estimate of drug-likeness (QED) is 0.141. The van der Waals surface area contributed by atoms with Crippen molar-refractivity contribution in [3.8, 4) is 22.5 Å². The third-order valence-corrected chi connectivity index (χ3v) is 7.56. The van der Waals surface area contributed by atoms with E-state index in [2.05, 4.69) is 79.8 Å². The number of aliphatic hydroxyl groups excluding tert-OH is 1. The molecule has 0 saturated heterocycles. The zero-order valence-corrected chi connectivity index (χ0v) is 23.0. The van der Waals surface area contributed by atoms with Gasteiger partial charge in [0.05, 0.1) is 11.4 Å². The summed E-state index contributed by atoms with van der Waals surface area (Å²) in [6.45, 7) is 5.51. The van der Waals surface area contributed by atoms with Crippen LogP contribution < -0.4 is 21.1 Å². The molecule has 2 saturated carbocycles. The van der Waals surface area contributed by atoms with Crippen LogP contribution in [0.3, 0.4) is 0 Å². The van der Waals surface area contributed by atoms with E-state index in [1.807, 2.05) is 18.2 Å². The fourth-order valence-electron chi connectivity index (χ4n) is 5.31. The molecule has 38 heavy (non-hydrogen) atoms. The smallest absolute Gasteiger partial charge is 0.205 e. The van der Waals surface area contributed by atoms with Crippen LogP contribution in [0, 0.1) is 11.8 Å². The van der Waals surface area contributed by atoms with E-state index in [9.17, 15) is 5.11 Å². The zero-order valence-electron chi connectivity index (χ0n) is 22.2. The number of aromatic amines is 1. The molecule has 1 unspecified atom stereocenters. The van der Waals surface area contributed by atoms with Gasteiger partial charge in [-0.15, -0.1) is 10.2 Å². The fourth-order valence-corrected chi connectivity index (χ4v) is 5.48. The van der Waals surface area contributed by atoms with Crippen LogP contribution in [0.25, 0.3) is 22.5 Å². The number of hydrogen-bond donors (Lipinski definition) is 5. The molecule has 5 rings (SSSR count). The molecule has 0 bridgehead atoms. The molecule has 0 amide bonds. The molecular weight excluding hydrogens is 496 g/mol. The highest BCUT2D eigenvalue weighted by Gasteiger charge is 2.30. The second-order valence-corrected chi connectivity index (χ2v) is 11.3. The van der Waals surface area contributed by atoms with Crippen molar-refractivity contribution in [1.29, 1.82) is 0 Å². The van der Waals surface area contributed by atoms with Crippen molar-refractivity contribution in [3.05, 3.63) is 42.5 Å². The molecule has 2 fully saturated rings. The highest BCUT2D eigenvalue weighted by molar-refractivity contribution is 7.80. The molecule has 202 valence electrons. The minimum atomic E-state index is -0.609. The standard InChI is InChI=1S/C28H38N8OS/c1-18(2)17-36(21-8-4-3-5-9-21)25-15-14-20(22-10-6-7-11-23(22)26-30-34-35-31-26)16-24(25)29-28(38)33-32-27(37)19-12-13-19/h6-7,10-11,14-16,18-19,21,27,32,37H,3-5,8-9,12-13,17H2,1-2H3,(H2,29,33,38)(H,30,31,34,35). The van der Waals surface area contributed by atoms with Crippen LogP contribution in [0.5, 0.6) is 0 Å². The number of nitrogens with one attached hydrogen (secondary N) is 4.